The normalized spacial score (nSPS) is 25.2. The molecule has 0 saturated carbocycles. The fourth-order valence-corrected chi connectivity index (χ4v) is 4.06. The minimum absolute atomic E-state index is 0.185. The zero-order chi connectivity index (χ0) is 20.2. The molecule has 2 aromatic rings. The van der Waals surface area contributed by atoms with Crippen LogP contribution in [0.1, 0.15) is 30.1 Å². The lowest BCUT2D eigenvalue weighted by Crippen LogP contribution is -2.42. The lowest BCUT2D eigenvalue weighted by molar-refractivity contribution is 0.695. The molecule has 0 saturated heterocycles. The van der Waals surface area contributed by atoms with E-state index in [2.05, 4.69) is 83.2 Å². The number of amidine groups is 2. The molecule has 3 aliphatic rings. The molecule has 0 amide bonds. The minimum atomic E-state index is -0.210. The van der Waals surface area contributed by atoms with Gasteiger partial charge >= 0.3 is 0 Å². The van der Waals surface area contributed by atoms with Gasteiger partial charge in [-0.15, -0.1) is 0 Å². The van der Waals surface area contributed by atoms with Gasteiger partial charge in [-0.25, -0.2) is 9.98 Å². The molecule has 3 unspecified atom stereocenters. The van der Waals surface area contributed by atoms with E-state index in [4.69, 9.17) is 9.98 Å². The highest BCUT2D eigenvalue weighted by Gasteiger charge is 2.27. The number of pyridine rings is 1. The molecule has 3 atom stereocenters. The molecule has 30 heavy (non-hydrogen) atoms. The van der Waals surface area contributed by atoms with E-state index in [-0.39, 0.29) is 18.0 Å². The number of nitrogens with one attached hydrogen (secondary N) is 1. The first-order valence-electron chi connectivity index (χ1n) is 10.5. The maximum absolute atomic E-state index is 5.03. The molecular weight excluding hydrogens is 368 g/mol. The molecule has 0 bridgehead atoms. The van der Waals surface area contributed by atoms with Crippen molar-refractivity contribution in [1.29, 1.82) is 0 Å². The third kappa shape index (κ3) is 3.94. The van der Waals surface area contributed by atoms with E-state index in [0.717, 1.165) is 35.6 Å². The lowest BCUT2D eigenvalue weighted by atomic mass is 9.89. The van der Waals surface area contributed by atoms with E-state index in [9.17, 15) is 0 Å². The van der Waals surface area contributed by atoms with E-state index in [1.807, 2.05) is 24.5 Å². The molecule has 1 aromatic heterocycles. The minimum Gasteiger partial charge on any atom is -0.331 e. The third-order valence-corrected chi connectivity index (χ3v) is 5.67. The number of nitrogens with zero attached hydrogens (tertiary/aromatic N) is 3. The van der Waals surface area contributed by atoms with Gasteiger partial charge in [-0.3, -0.25) is 4.98 Å². The smallest absolute Gasteiger partial charge is 0.169 e. The molecule has 2 aliphatic carbocycles. The predicted octanol–water partition coefficient (Wildman–Crippen LogP) is 5.27. The van der Waals surface area contributed by atoms with Crippen molar-refractivity contribution in [3.05, 3.63) is 109 Å². The Balaban J connectivity index is 1.44. The maximum Gasteiger partial charge on any atom is 0.169 e. The first kappa shape index (κ1) is 18.5. The second-order valence-electron chi connectivity index (χ2n) is 7.72. The number of aliphatic imine (C=N–C) groups is 2. The molecular formula is C26H24N4. The highest BCUT2D eigenvalue weighted by atomic mass is 15.2. The summed E-state index contributed by atoms with van der Waals surface area (Å²) in [4.78, 5) is 14.3. The lowest BCUT2D eigenvalue weighted by Gasteiger charge is -2.29. The summed E-state index contributed by atoms with van der Waals surface area (Å²) >= 11 is 0. The first-order valence-corrected chi connectivity index (χ1v) is 10.5. The van der Waals surface area contributed by atoms with Crippen LogP contribution in [-0.4, -0.2) is 16.7 Å². The Morgan fingerprint density at radius 3 is 2.43 bits per heavy atom. The summed E-state index contributed by atoms with van der Waals surface area (Å²) in [5.41, 5.74) is 3.56. The average Bonchev–Trinajstić information content (AvgIpc) is 2.85. The zero-order valence-corrected chi connectivity index (χ0v) is 16.7. The Morgan fingerprint density at radius 1 is 0.833 bits per heavy atom. The van der Waals surface area contributed by atoms with Crippen LogP contribution >= 0.6 is 0 Å². The fraction of sp³-hybridized carbons (Fsp3) is 0.192. The van der Waals surface area contributed by atoms with E-state index in [1.165, 1.54) is 5.57 Å². The molecule has 1 N–H and O–H groups in total. The van der Waals surface area contributed by atoms with Gasteiger partial charge < -0.3 is 5.32 Å². The van der Waals surface area contributed by atoms with Crippen molar-refractivity contribution in [2.45, 2.75) is 19.0 Å². The van der Waals surface area contributed by atoms with Crippen LogP contribution in [0.3, 0.4) is 0 Å². The SMILES string of the molecule is C1=CCC(C2=NC(c3ccccc3)N=C(C3C=CC=C(c4cccnc4)C3)N2)C=C1. The third-order valence-electron chi connectivity index (χ3n) is 5.67. The molecule has 4 heteroatoms. The average molecular weight is 393 g/mol. The van der Waals surface area contributed by atoms with Gasteiger partial charge in [-0.1, -0.05) is 78.9 Å². The Labute approximate surface area is 177 Å². The summed E-state index contributed by atoms with van der Waals surface area (Å²) in [5, 5.41) is 3.59. The van der Waals surface area contributed by atoms with Gasteiger partial charge in [0.25, 0.3) is 0 Å². The van der Waals surface area contributed by atoms with Crippen LogP contribution < -0.4 is 5.32 Å². The summed E-state index contributed by atoms with van der Waals surface area (Å²) in [6, 6.07) is 14.4. The summed E-state index contributed by atoms with van der Waals surface area (Å²) in [6.07, 6.45) is 20.5. The number of allylic oxidation sites excluding steroid dienone is 6. The summed E-state index contributed by atoms with van der Waals surface area (Å²) in [7, 11) is 0. The summed E-state index contributed by atoms with van der Waals surface area (Å²) in [5.74, 6) is 2.43. The molecule has 0 fully saturated rings. The van der Waals surface area contributed by atoms with Crippen molar-refractivity contribution in [2.24, 2.45) is 21.8 Å². The van der Waals surface area contributed by atoms with E-state index in [0.29, 0.717) is 0 Å². The molecule has 1 aromatic carbocycles. The Kier molecular flexibility index (Phi) is 5.21. The van der Waals surface area contributed by atoms with Crippen LogP contribution in [0.15, 0.2) is 107 Å². The number of rotatable bonds is 4. The monoisotopic (exact) mass is 392 g/mol. The van der Waals surface area contributed by atoms with Crippen LogP contribution in [0.25, 0.3) is 5.57 Å². The van der Waals surface area contributed by atoms with Gasteiger partial charge in [0, 0.05) is 24.2 Å². The molecule has 1 aliphatic heterocycles. The van der Waals surface area contributed by atoms with Crippen molar-refractivity contribution < 1.29 is 0 Å². The van der Waals surface area contributed by atoms with Crippen molar-refractivity contribution in [3.8, 4) is 0 Å². The number of hydrogen-bond acceptors (Lipinski definition) is 4. The molecule has 4 nitrogen and oxygen atoms in total. The Morgan fingerprint density at radius 2 is 1.67 bits per heavy atom. The standard InChI is InChI=1S/C26H24N4/c1-3-9-19(10-4-1)24-28-25(20-11-5-2-6-12-20)30-26(29-24)22-14-7-13-21(17-22)23-15-8-16-27-18-23/h1-11,13-16,18,20,22,24H,12,17H2,(H,28,29,30). The highest BCUT2D eigenvalue weighted by molar-refractivity contribution is 6.06. The van der Waals surface area contributed by atoms with E-state index >= 15 is 0 Å². The van der Waals surface area contributed by atoms with Crippen molar-refractivity contribution >= 4 is 17.2 Å². The van der Waals surface area contributed by atoms with Crippen molar-refractivity contribution in [3.63, 3.8) is 0 Å². The van der Waals surface area contributed by atoms with Gasteiger partial charge in [0.05, 0.1) is 0 Å². The molecule has 148 valence electrons. The Hall–Kier alpha value is -3.53. The van der Waals surface area contributed by atoms with E-state index < -0.39 is 0 Å². The molecule has 0 radical (unpaired) electrons. The molecule has 2 heterocycles. The van der Waals surface area contributed by atoms with Crippen LogP contribution in [0, 0.1) is 11.8 Å². The van der Waals surface area contributed by atoms with Gasteiger partial charge in [0.15, 0.2) is 6.17 Å². The molecule has 0 spiro atoms. The van der Waals surface area contributed by atoms with Crippen molar-refractivity contribution in [2.75, 3.05) is 0 Å². The molecule has 5 rings (SSSR count). The maximum atomic E-state index is 5.03. The first-order chi connectivity index (χ1) is 14.9. The topological polar surface area (TPSA) is 49.6 Å². The summed E-state index contributed by atoms with van der Waals surface area (Å²) in [6.45, 7) is 0. The predicted molar refractivity (Wildman–Crippen MR) is 123 cm³/mol. The summed E-state index contributed by atoms with van der Waals surface area (Å²) < 4.78 is 0. The van der Waals surface area contributed by atoms with Crippen LogP contribution in [0.4, 0.5) is 0 Å². The van der Waals surface area contributed by atoms with Crippen molar-refractivity contribution in [1.82, 2.24) is 10.3 Å². The largest absolute Gasteiger partial charge is 0.331 e. The van der Waals surface area contributed by atoms with Gasteiger partial charge in [-0.2, -0.15) is 0 Å². The van der Waals surface area contributed by atoms with Gasteiger partial charge in [-0.05, 0) is 35.6 Å². The Bertz CT molecular complexity index is 1070. The highest BCUT2D eigenvalue weighted by Crippen LogP contribution is 2.31. The van der Waals surface area contributed by atoms with Crippen LogP contribution in [0.5, 0.6) is 0 Å². The van der Waals surface area contributed by atoms with E-state index in [1.54, 1.807) is 0 Å². The van der Waals surface area contributed by atoms with Crippen LogP contribution in [-0.2, 0) is 0 Å². The second kappa shape index (κ2) is 8.46. The number of aromatic nitrogens is 1. The number of hydrogen-bond donors (Lipinski definition) is 1. The second-order valence-corrected chi connectivity index (χ2v) is 7.72. The quantitative estimate of drug-likeness (QED) is 0.770. The number of benzene rings is 1. The van der Waals surface area contributed by atoms with Gasteiger partial charge in [0.1, 0.15) is 11.7 Å². The fourth-order valence-electron chi connectivity index (χ4n) is 4.06. The zero-order valence-electron chi connectivity index (χ0n) is 16.7. The van der Waals surface area contributed by atoms with Crippen LogP contribution in [0.2, 0.25) is 0 Å². The van der Waals surface area contributed by atoms with Gasteiger partial charge in [0.2, 0.25) is 0 Å².